The average molecular weight is 893 g/mol. The molecule has 0 saturated carbocycles. The van der Waals surface area contributed by atoms with Gasteiger partial charge in [-0.3, -0.25) is 14.4 Å². The minimum Gasteiger partial charge on any atom is -0.462 e. The molecule has 0 spiro atoms. The van der Waals surface area contributed by atoms with Gasteiger partial charge >= 0.3 is 17.9 Å². The second-order valence-electron chi connectivity index (χ2n) is 17.8. The summed E-state index contributed by atoms with van der Waals surface area (Å²) in [7, 11) is 0. The van der Waals surface area contributed by atoms with Crippen LogP contribution in [0.2, 0.25) is 0 Å². The van der Waals surface area contributed by atoms with E-state index in [2.05, 4.69) is 87.6 Å². The fraction of sp³-hybridized carbons (Fsp3) is 0.741. The van der Waals surface area contributed by atoms with Crippen molar-refractivity contribution >= 4 is 17.9 Å². The molecule has 0 N–H and O–H groups in total. The molecule has 0 rings (SSSR count). The first kappa shape index (κ1) is 60.9. The second-order valence-corrected chi connectivity index (χ2v) is 17.8. The van der Waals surface area contributed by atoms with E-state index in [9.17, 15) is 14.4 Å². The van der Waals surface area contributed by atoms with E-state index < -0.39 is 6.10 Å². The normalized spacial score (nSPS) is 12.6. The molecule has 0 fully saturated rings. The van der Waals surface area contributed by atoms with Crippen LogP contribution in [0.1, 0.15) is 258 Å². The number of carbonyl (C=O) groups excluding carboxylic acids is 3. The van der Waals surface area contributed by atoms with Gasteiger partial charge in [0.2, 0.25) is 0 Å². The molecule has 0 aromatic carbocycles. The highest BCUT2D eigenvalue weighted by molar-refractivity contribution is 5.71. The molecule has 1 atom stereocenters. The molecule has 368 valence electrons. The summed E-state index contributed by atoms with van der Waals surface area (Å²) in [6, 6.07) is 0. The number of esters is 3. The van der Waals surface area contributed by atoms with Gasteiger partial charge in [0.05, 0.1) is 0 Å². The van der Waals surface area contributed by atoms with Crippen molar-refractivity contribution in [2.45, 2.75) is 264 Å². The molecule has 0 aromatic heterocycles. The summed E-state index contributed by atoms with van der Waals surface area (Å²) >= 11 is 0. The Morgan fingerprint density at radius 1 is 0.312 bits per heavy atom. The number of allylic oxidation sites excluding steroid dienone is 12. The molecule has 0 aliphatic carbocycles. The third kappa shape index (κ3) is 49.9. The van der Waals surface area contributed by atoms with Gasteiger partial charge in [-0.05, 0) is 96.3 Å². The van der Waals surface area contributed by atoms with E-state index in [1.807, 2.05) is 6.08 Å². The third-order valence-corrected chi connectivity index (χ3v) is 11.4. The lowest BCUT2D eigenvalue weighted by molar-refractivity contribution is -0.166. The van der Waals surface area contributed by atoms with E-state index in [1.165, 1.54) is 141 Å². The van der Waals surface area contributed by atoms with E-state index in [4.69, 9.17) is 14.2 Å². The van der Waals surface area contributed by atoms with Crippen LogP contribution in [0.5, 0.6) is 0 Å². The molecule has 64 heavy (non-hydrogen) atoms. The lowest BCUT2D eigenvalue weighted by Gasteiger charge is -2.18. The van der Waals surface area contributed by atoms with Crippen LogP contribution in [-0.4, -0.2) is 37.2 Å². The molecule has 0 saturated heterocycles. The van der Waals surface area contributed by atoms with Crippen LogP contribution in [0, 0.1) is 0 Å². The van der Waals surface area contributed by atoms with E-state index >= 15 is 0 Å². The number of rotatable bonds is 48. The van der Waals surface area contributed by atoms with Crippen LogP contribution in [0.15, 0.2) is 72.9 Å². The van der Waals surface area contributed by atoms with E-state index in [0.717, 1.165) is 64.2 Å². The van der Waals surface area contributed by atoms with Crippen molar-refractivity contribution in [2.75, 3.05) is 13.2 Å². The van der Waals surface area contributed by atoms with Gasteiger partial charge in [-0.1, -0.05) is 216 Å². The minimum absolute atomic E-state index is 0.122. The van der Waals surface area contributed by atoms with Gasteiger partial charge in [-0.2, -0.15) is 0 Å². The van der Waals surface area contributed by atoms with Gasteiger partial charge < -0.3 is 14.2 Å². The van der Waals surface area contributed by atoms with Crippen LogP contribution in [0.3, 0.4) is 0 Å². The number of hydrogen-bond donors (Lipinski definition) is 0. The first-order valence-electron chi connectivity index (χ1n) is 26.9. The lowest BCUT2D eigenvalue weighted by atomic mass is 10.1. The zero-order valence-electron chi connectivity index (χ0n) is 42.0. The van der Waals surface area contributed by atoms with Crippen molar-refractivity contribution in [1.82, 2.24) is 0 Å². The molecule has 0 aromatic rings. The zero-order chi connectivity index (χ0) is 46.5. The summed E-state index contributed by atoms with van der Waals surface area (Å²) in [5.41, 5.74) is 0. The van der Waals surface area contributed by atoms with Crippen molar-refractivity contribution in [3.05, 3.63) is 72.9 Å². The number of carbonyl (C=O) groups is 3. The largest absolute Gasteiger partial charge is 0.462 e. The third-order valence-electron chi connectivity index (χ3n) is 11.4. The predicted molar refractivity (Wildman–Crippen MR) is 274 cm³/mol. The Morgan fingerprint density at radius 3 is 1.03 bits per heavy atom. The van der Waals surface area contributed by atoms with Gasteiger partial charge in [0.15, 0.2) is 6.10 Å². The monoisotopic (exact) mass is 893 g/mol. The first-order valence-corrected chi connectivity index (χ1v) is 26.9. The molecule has 0 radical (unpaired) electrons. The summed E-state index contributed by atoms with van der Waals surface area (Å²) in [6.45, 7) is 6.52. The van der Waals surface area contributed by atoms with Gasteiger partial charge in [0.1, 0.15) is 13.2 Å². The molecule has 0 aliphatic heterocycles. The Kier molecular flexibility index (Phi) is 49.9. The molecule has 0 bridgehead atoms. The molecule has 1 unspecified atom stereocenters. The van der Waals surface area contributed by atoms with Gasteiger partial charge in [-0.15, -0.1) is 0 Å². The molecule has 0 heterocycles. The van der Waals surface area contributed by atoms with E-state index in [0.29, 0.717) is 19.3 Å². The number of hydrogen-bond acceptors (Lipinski definition) is 6. The quantitative estimate of drug-likeness (QED) is 0.0262. The maximum atomic E-state index is 12.8. The van der Waals surface area contributed by atoms with E-state index in [1.54, 1.807) is 0 Å². The molecule has 0 aliphatic rings. The van der Waals surface area contributed by atoms with Crippen molar-refractivity contribution in [3.63, 3.8) is 0 Å². The van der Waals surface area contributed by atoms with Gasteiger partial charge in [-0.25, -0.2) is 0 Å². The van der Waals surface area contributed by atoms with Crippen LogP contribution in [0.25, 0.3) is 0 Å². The smallest absolute Gasteiger partial charge is 0.306 e. The molecular weight excluding hydrogens is 793 g/mol. The number of unbranched alkanes of at least 4 members (excludes halogenated alkanes) is 25. The van der Waals surface area contributed by atoms with Crippen LogP contribution >= 0.6 is 0 Å². The Bertz CT molecular complexity index is 1210. The van der Waals surface area contributed by atoms with Crippen molar-refractivity contribution in [3.8, 4) is 0 Å². The van der Waals surface area contributed by atoms with Gasteiger partial charge in [0, 0.05) is 19.3 Å². The first-order chi connectivity index (χ1) is 31.5. The van der Waals surface area contributed by atoms with Crippen LogP contribution < -0.4 is 0 Å². The predicted octanol–water partition coefficient (Wildman–Crippen LogP) is 17.8. The fourth-order valence-corrected chi connectivity index (χ4v) is 7.33. The maximum Gasteiger partial charge on any atom is 0.306 e. The Morgan fingerprint density at radius 2 is 0.609 bits per heavy atom. The standard InChI is InChI=1S/C58H100O6/c1-4-7-10-13-16-19-22-25-27-29-31-33-36-39-42-45-48-51-57(60)63-54-55(53-62-56(59)50-47-44-41-38-35-32-24-21-18-15-12-9-6-3)64-58(61)52-49-46-43-40-37-34-30-28-26-23-20-17-14-11-8-5-2/h25,27-28,30-33,35,39,41-42,44,55H,4-24,26,29,34,36-38,40,43,45-54H2,1-3H3/b27-25+,30-28+,33-31+,35-32+,42-39+,44-41+. The Hall–Kier alpha value is -3.15. The summed E-state index contributed by atoms with van der Waals surface area (Å²) in [5.74, 6) is -1.04. The molecule has 6 heteroatoms. The summed E-state index contributed by atoms with van der Waals surface area (Å²) in [6.07, 6.45) is 66.2. The lowest BCUT2D eigenvalue weighted by Crippen LogP contribution is -2.30. The average Bonchev–Trinajstić information content (AvgIpc) is 3.29. The fourth-order valence-electron chi connectivity index (χ4n) is 7.33. The Labute approximate surface area is 395 Å². The topological polar surface area (TPSA) is 78.9 Å². The Balaban J connectivity index is 4.52. The van der Waals surface area contributed by atoms with Crippen molar-refractivity contribution in [1.29, 1.82) is 0 Å². The maximum absolute atomic E-state index is 12.8. The highest BCUT2D eigenvalue weighted by Crippen LogP contribution is 2.13. The SMILES string of the molecule is CCCCCCCC/C=C/C/C=C/C/C=C/CCCC(=O)OCC(COC(=O)CC/C=C/C/C=C/CCCCCCCC)OC(=O)CCCCCCC/C=C/CCCCCCCCC. The van der Waals surface area contributed by atoms with Crippen molar-refractivity contribution in [2.24, 2.45) is 0 Å². The zero-order valence-corrected chi connectivity index (χ0v) is 42.0. The molecule has 0 amide bonds. The minimum atomic E-state index is -0.822. The van der Waals surface area contributed by atoms with Gasteiger partial charge in [0.25, 0.3) is 0 Å². The van der Waals surface area contributed by atoms with Crippen LogP contribution in [0.4, 0.5) is 0 Å². The highest BCUT2D eigenvalue weighted by Gasteiger charge is 2.19. The number of ether oxygens (including phenoxy) is 3. The summed E-state index contributed by atoms with van der Waals surface area (Å²) in [4.78, 5) is 38.0. The second kappa shape index (κ2) is 52.5. The highest BCUT2D eigenvalue weighted by atomic mass is 16.6. The summed E-state index contributed by atoms with van der Waals surface area (Å²) < 4.78 is 16.7. The summed E-state index contributed by atoms with van der Waals surface area (Å²) in [5, 5.41) is 0. The van der Waals surface area contributed by atoms with E-state index in [-0.39, 0.29) is 44.0 Å². The van der Waals surface area contributed by atoms with Crippen molar-refractivity contribution < 1.29 is 28.6 Å². The molecule has 6 nitrogen and oxygen atoms in total. The molecular formula is C58H100O6. The van der Waals surface area contributed by atoms with Crippen LogP contribution in [-0.2, 0) is 28.6 Å².